The maximum absolute atomic E-state index is 10.3. The van der Waals surface area contributed by atoms with E-state index in [1.54, 1.807) is 14.2 Å². The zero-order valence-electron chi connectivity index (χ0n) is 20.8. The summed E-state index contributed by atoms with van der Waals surface area (Å²) in [6.07, 6.45) is -0.000642. The van der Waals surface area contributed by atoms with Crippen molar-refractivity contribution in [3.05, 3.63) is 42.0 Å². The van der Waals surface area contributed by atoms with Gasteiger partial charge in [0, 0.05) is 25.2 Å². The number of ether oxygens (including phenoxy) is 5. The minimum Gasteiger partial charge on any atom is -0.493 e. The number of aliphatic hydroxyl groups is 1. The van der Waals surface area contributed by atoms with Gasteiger partial charge >= 0.3 is 0 Å². The van der Waals surface area contributed by atoms with Gasteiger partial charge < -0.3 is 39.4 Å². The van der Waals surface area contributed by atoms with Crippen LogP contribution >= 0.6 is 0 Å². The van der Waals surface area contributed by atoms with Gasteiger partial charge in [-0.2, -0.15) is 0 Å². The molecule has 0 radical (unpaired) electrons. The molecule has 0 spiro atoms. The topological polar surface area (TPSA) is 90.4 Å². The maximum atomic E-state index is 10.3. The van der Waals surface area contributed by atoms with Gasteiger partial charge in [-0.1, -0.05) is 12.1 Å². The molecule has 3 N–H and O–H groups in total. The highest BCUT2D eigenvalue weighted by atomic mass is 16.6. The summed E-state index contributed by atoms with van der Waals surface area (Å²) < 4.78 is 28.6. The molecule has 2 aromatic carbocycles. The first kappa shape index (κ1) is 25.9. The molecule has 1 aliphatic heterocycles. The Morgan fingerprint density at radius 1 is 1.09 bits per heavy atom. The number of para-hydroxylation sites is 1. The number of rotatable bonds is 12. The van der Waals surface area contributed by atoms with E-state index >= 15 is 0 Å². The highest BCUT2D eigenvalue weighted by Crippen LogP contribution is 2.36. The zero-order valence-corrected chi connectivity index (χ0v) is 20.8. The quantitative estimate of drug-likeness (QED) is 0.405. The van der Waals surface area contributed by atoms with Gasteiger partial charge in [-0.15, -0.1) is 0 Å². The molecule has 1 aliphatic rings. The largest absolute Gasteiger partial charge is 0.493 e. The van der Waals surface area contributed by atoms with Crippen molar-refractivity contribution in [1.82, 2.24) is 10.6 Å². The third kappa shape index (κ3) is 7.68. The van der Waals surface area contributed by atoms with Gasteiger partial charge in [0.1, 0.15) is 19.3 Å². The van der Waals surface area contributed by atoms with Crippen LogP contribution in [0, 0.1) is 0 Å². The first-order valence-corrected chi connectivity index (χ1v) is 11.7. The van der Waals surface area contributed by atoms with Crippen molar-refractivity contribution in [1.29, 1.82) is 0 Å². The lowest BCUT2D eigenvalue weighted by Gasteiger charge is -2.27. The predicted molar refractivity (Wildman–Crippen MR) is 132 cm³/mol. The average Bonchev–Trinajstić information content (AvgIpc) is 2.82. The molecule has 0 amide bonds. The first-order chi connectivity index (χ1) is 16.3. The molecule has 188 valence electrons. The number of hydrogen-bond donors (Lipinski definition) is 3. The van der Waals surface area contributed by atoms with Gasteiger partial charge in [-0.25, -0.2) is 0 Å². The van der Waals surface area contributed by atoms with Crippen LogP contribution in [0.3, 0.4) is 0 Å². The van der Waals surface area contributed by atoms with E-state index < -0.39 is 6.10 Å². The molecule has 8 nitrogen and oxygen atoms in total. The summed E-state index contributed by atoms with van der Waals surface area (Å²) in [7, 11) is 3.21. The van der Waals surface area contributed by atoms with Crippen LogP contribution in [0.15, 0.2) is 36.4 Å². The number of hydrogen-bond acceptors (Lipinski definition) is 8. The fourth-order valence-electron chi connectivity index (χ4n) is 3.60. The molecule has 0 aromatic heterocycles. The van der Waals surface area contributed by atoms with Crippen LogP contribution in [0.1, 0.15) is 26.3 Å². The summed E-state index contributed by atoms with van der Waals surface area (Å²) in [5.74, 6) is 3.31. The van der Waals surface area contributed by atoms with Crippen LogP contribution in [0.4, 0.5) is 0 Å². The summed E-state index contributed by atoms with van der Waals surface area (Å²) >= 11 is 0. The van der Waals surface area contributed by atoms with Crippen molar-refractivity contribution in [2.24, 2.45) is 0 Å². The Morgan fingerprint density at radius 2 is 1.82 bits per heavy atom. The second kappa shape index (κ2) is 12.1. The Kier molecular flexibility index (Phi) is 9.27. The first-order valence-electron chi connectivity index (χ1n) is 11.7. The number of fused-ring (bicyclic) bond motifs is 1. The SMILES string of the molecule is COc1cccc(OC)c1OCCNCC1COc2cc(CC(O)CNC(C)(C)C)ccc2O1. The van der Waals surface area contributed by atoms with Crippen molar-refractivity contribution in [2.75, 3.05) is 47.1 Å². The third-order valence-corrected chi connectivity index (χ3v) is 5.35. The van der Waals surface area contributed by atoms with E-state index in [0.717, 1.165) is 17.1 Å². The van der Waals surface area contributed by atoms with Crippen LogP contribution in [0.2, 0.25) is 0 Å². The van der Waals surface area contributed by atoms with Crippen molar-refractivity contribution in [3.8, 4) is 28.7 Å². The summed E-state index contributed by atoms with van der Waals surface area (Å²) in [6, 6.07) is 11.4. The monoisotopic (exact) mass is 474 g/mol. The van der Waals surface area contributed by atoms with Gasteiger partial charge in [0.2, 0.25) is 5.75 Å². The van der Waals surface area contributed by atoms with Gasteiger partial charge in [0.05, 0.1) is 20.3 Å². The van der Waals surface area contributed by atoms with Gasteiger partial charge in [-0.05, 0) is 57.0 Å². The summed E-state index contributed by atoms with van der Waals surface area (Å²) in [4.78, 5) is 0. The minimum atomic E-state index is -0.461. The van der Waals surface area contributed by atoms with Crippen molar-refractivity contribution in [2.45, 2.75) is 44.9 Å². The normalized spacial score (nSPS) is 16.1. The number of methoxy groups -OCH3 is 2. The van der Waals surface area contributed by atoms with Crippen LogP contribution in [0.25, 0.3) is 0 Å². The van der Waals surface area contributed by atoms with Gasteiger partial charge in [0.25, 0.3) is 0 Å². The van der Waals surface area contributed by atoms with Gasteiger partial charge in [0.15, 0.2) is 23.0 Å². The zero-order chi connectivity index (χ0) is 24.6. The number of benzene rings is 2. The van der Waals surface area contributed by atoms with E-state index in [0.29, 0.717) is 56.5 Å². The molecular weight excluding hydrogens is 436 g/mol. The number of aliphatic hydroxyl groups excluding tert-OH is 1. The Bertz CT molecular complexity index is 892. The standard InChI is InChI=1S/C26H38N2O6/c1-26(2,3)28-15-19(29)13-18-9-10-21-24(14-18)33-17-20(34-21)16-27-11-12-32-25-22(30-4)7-6-8-23(25)31-5/h6-10,14,19-20,27-29H,11-13,15-17H2,1-5H3. The molecule has 2 aromatic rings. The molecule has 2 atom stereocenters. The molecule has 8 heteroatoms. The fraction of sp³-hybridized carbons (Fsp3) is 0.538. The van der Waals surface area contributed by atoms with Crippen molar-refractivity contribution in [3.63, 3.8) is 0 Å². The van der Waals surface area contributed by atoms with E-state index in [4.69, 9.17) is 23.7 Å². The smallest absolute Gasteiger partial charge is 0.203 e. The molecule has 3 rings (SSSR count). The molecule has 34 heavy (non-hydrogen) atoms. The Morgan fingerprint density at radius 3 is 2.50 bits per heavy atom. The molecule has 0 saturated carbocycles. The second-order valence-corrected chi connectivity index (χ2v) is 9.37. The Labute approximate surface area is 202 Å². The highest BCUT2D eigenvalue weighted by molar-refractivity contribution is 5.51. The summed E-state index contributed by atoms with van der Waals surface area (Å²) in [5, 5.41) is 17.0. The summed E-state index contributed by atoms with van der Waals surface area (Å²) in [5.41, 5.74) is 0.996. The van der Waals surface area contributed by atoms with E-state index in [2.05, 4.69) is 31.4 Å². The molecular formula is C26H38N2O6. The lowest BCUT2D eigenvalue weighted by Crippen LogP contribution is -2.41. The van der Waals surface area contributed by atoms with Crippen LogP contribution in [0.5, 0.6) is 28.7 Å². The lowest BCUT2D eigenvalue weighted by atomic mass is 10.0. The van der Waals surface area contributed by atoms with E-state index in [1.807, 2.05) is 36.4 Å². The predicted octanol–water partition coefficient (Wildman–Crippen LogP) is 2.80. The van der Waals surface area contributed by atoms with E-state index in [1.165, 1.54) is 0 Å². The van der Waals surface area contributed by atoms with Crippen LogP contribution in [-0.2, 0) is 6.42 Å². The van der Waals surface area contributed by atoms with Gasteiger partial charge in [-0.3, -0.25) is 0 Å². The Balaban J connectivity index is 1.41. The summed E-state index contributed by atoms with van der Waals surface area (Å²) in [6.45, 7) is 8.96. The highest BCUT2D eigenvalue weighted by Gasteiger charge is 2.22. The second-order valence-electron chi connectivity index (χ2n) is 9.37. The molecule has 0 fully saturated rings. The van der Waals surface area contributed by atoms with E-state index in [9.17, 15) is 5.11 Å². The molecule has 0 bridgehead atoms. The maximum Gasteiger partial charge on any atom is 0.203 e. The average molecular weight is 475 g/mol. The molecule has 2 unspecified atom stereocenters. The lowest BCUT2D eigenvalue weighted by molar-refractivity contribution is 0.0894. The van der Waals surface area contributed by atoms with Crippen LogP contribution in [-0.4, -0.2) is 69.9 Å². The van der Waals surface area contributed by atoms with Crippen molar-refractivity contribution >= 4 is 0 Å². The minimum absolute atomic E-state index is 0.0236. The fourth-order valence-corrected chi connectivity index (χ4v) is 3.60. The molecule has 1 heterocycles. The van der Waals surface area contributed by atoms with Crippen LogP contribution < -0.4 is 34.3 Å². The number of β-amino-alcohol motifs (C(OH)–C–C–N with tert-alkyl or cyclic N) is 1. The van der Waals surface area contributed by atoms with Crippen molar-refractivity contribution < 1.29 is 28.8 Å². The van der Waals surface area contributed by atoms with E-state index in [-0.39, 0.29) is 11.6 Å². The Hall–Kier alpha value is -2.68. The third-order valence-electron chi connectivity index (χ3n) is 5.35. The molecule has 0 saturated heterocycles. The molecule has 0 aliphatic carbocycles. The number of nitrogens with one attached hydrogen (secondary N) is 2.